The van der Waals surface area contributed by atoms with Crippen molar-refractivity contribution >= 4 is 53.1 Å². The molecule has 2 aliphatic rings. The molecule has 0 bridgehead atoms. The number of alkyl halides is 3. The molecule has 1 saturated carbocycles. The van der Waals surface area contributed by atoms with Gasteiger partial charge in [-0.05, 0) is 78.3 Å². The second kappa shape index (κ2) is 17.9. The number of para-hydroxylation sites is 1. The molecule has 2 aromatic carbocycles. The van der Waals surface area contributed by atoms with Crippen molar-refractivity contribution in [2.45, 2.75) is 103 Å². The van der Waals surface area contributed by atoms with Gasteiger partial charge in [-0.1, -0.05) is 55.3 Å². The Morgan fingerprint density at radius 3 is 2.16 bits per heavy atom. The van der Waals surface area contributed by atoms with Crippen LogP contribution in [0.25, 0.3) is 0 Å². The highest BCUT2D eigenvalue weighted by molar-refractivity contribution is 7.98. The Hall–Kier alpha value is -4.67. The summed E-state index contributed by atoms with van der Waals surface area (Å²) >= 11 is 0.697. The topological polar surface area (TPSA) is 164 Å². The number of benzodiazepines with no additional fused rings is 1. The molecule has 300 valence electrons. The molecule has 4 rings (SSSR count). The first kappa shape index (κ1) is 43.1. The molecule has 0 aromatic heterocycles. The van der Waals surface area contributed by atoms with Gasteiger partial charge in [0.05, 0.1) is 17.3 Å². The summed E-state index contributed by atoms with van der Waals surface area (Å²) in [6.07, 6.45) is -8.02. The van der Waals surface area contributed by atoms with Gasteiger partial charge in [-0.25, -0.2) is 19.0 Å². The molecule has 12 nitrogen and oxygen atoms in total. The van der Waals surface area contributed by atoms with Crippen LogP contribution < -0.4 is 20.7 Å². The maximum atomic E-state index is 15.0. The highest BCUT2D eigenvalue weighted by atomic mass is 32.2. The largest absolute Gasteiger partial charge is 0.458 e. The van der Waals surface area contributed by atoms with E-state index in [0.717, 1.165) is 6.07 Å². The van der Waals surface area contributed by atoms with Gasteiger partial charge in [-0.15, -0.1) is 0 Å². The molecule has 4 atom stereocenters. The zero-order valence-electron chi connectivity index (χ0n) is 31.5. The molecule has 2 aromatic rings. The summed E-state index contributed by atoms with van der Waals surface area (Å²) in [6.45, 7) is 9.77. The van der Waals surface area contributed by atoms with Crippen molar-refractivity contribution in [2.75, 3.05) is 11.1 Å². The summed E-state index contributed by atoms with van der Waals surface area (Å²) in [5, 5.41) is 7.31. The Labute approximate surface area is 321 Å². The molecule has 0 saturated heterocycles. The predicted octanol–water partition coefficient (Wildman–Crippen LogP) is 6.43. The summed E-state index contributed by atoms with van der Waals surface area (Å²) in [7, 11) is 0. The molecule has 0 radical (unpaired) electrons. The first-order valence-corrected chi connectivity index (χ1v) is 18.8. The first-order valence-electron chi connectivity index (χ1n) is 17.8. The normalized spacial score (nSPS) is 17.6. The van der Waals surface area contributed by atoms with Crippen LogP contribution in [0.5, 0.6) is 0 Å². The zero-order chi connectivity index (χ0) is 40.7. The molecule has 17 heteroatoms. The lowest BCUT2D eigenvalue weighted by Gasteiger charge is -2.28. The highest BCUT2D eigenvalue weighted by Crippen LogP contribution is 2.40. The van der Waals surface area contributed by atoms with Crippen LogP contribution in [0.4, 0.5) is 28.0 Å². The maximum Gasteiger partial charge on any atom is 0.408 e. The van der Waals surface area contributed by atoms with E-state index in [1.165, 1.54) is 12.1 Å². The second-order valence-corrected chi connectivity index (χ2v) is 16.3. The van der Waals surface area contributed by atoms with Crippen LogP contribution >= 0.6 is 11.9 Å². The average molecular weight is 794 g/mol. The number of benzene rings is 2. The lowest BCUT2D eigenvalue weighted by molar-refractivity contribution is -0.156. The van der Waals surface area contributed by atoms with Crippen LogP contribution in [-0.4, -0.2) is 70.8 Å². The molecule has 0 spiro atoms. The number of carbonyl (C=O) groups is 5. The van der Waals surface area contributed by atoms with Gasteiger partial charge in [0, 0.05) is 29.2 Å². The molecule has 4 N–H and O–H groups in total. The Bertz CT molecular complexity index is 1760. The van der Waals surface area contributed by atoms with Crippen LogP contribution in [0.3, 0.4) is 0 Å². The minimum atomic E-state index is -4.68. The van der Waals surface area contributed by atoms with Crippen LogP contribution in [-0.2, 0) is 28.7 Å². The fraction of sp³-hybridized carbons (Fsp3) is 0.526. The summed E-state index contributed by atoms with van der Waals surface area (Å²) in [4.78, 5) is 71.3. The molecular weight excluding hydrogens is 747 g/mol. The third kappa shape index (κ3) is 13.5. The molecule has 1 aliphatic heterocycles. The highest BCUT2D eigenvalue weighted by Gasteiger charge is 2.42. The van der Waals surface area contributed by atoms with E-state index in [2.05, 4.69) is 25.7 Å². The molecule has 0 unspecified atom stereocenters. The molecule has 1 fully saturated rings. The van der Waals surface area contributed by atoms with Gasteiger partial charge in [0.15, 0.2) is 0 Å². The Morgan fingerprint density at radius 1 is 0.909 bits per heavy atom. The third-order valence-electron chi connectivity index (χ3n) is 8.34. The van der Waals surface area contributed by atoms with E-state index in [4.69, 9.17) is 9.47 Å². The maximum absolute atomic E-state index is 15.0. The fourth-order valence-corrected chi connectivity index (χ4v) is 6.49. The lowest BCUT2D eigenvalue weighted by Crippen LogP contribution is -2.49. The van der Waals surface area contributed by atoms with E-state index in [1.807, 2.05) is 0 Å². The molecule has 55 heavy (non-hydrogen) atoms. The number of anilines is 1. The number of aliphatic imine (C=N–C) groups is 1. The van der Waals surface area contributed by atoms with Crippen molar-refractivity contribution in [1.82, 2.24) is 15.4 Å². The summed E-state index contributed by atoms with van der Waals surface area (Å²) in [5.74, 6) is -7.50. The minimum Gasteiger partial charge on any atom is -0.458 e. The van der Waals surface area contributed by atoms with Crippen molar-refractivity contribution in [3.63, 3.8) is 0 Å². The number of hydrogen-bond donors (Lipinski definition) is 4. The lowest BCUT2D eigenvalue weighted by atomic mass is 9.83. The number of nitrogens with zero attached hydrogens (tertiary/aromatic N) is 1. The van der Waals surface area contributed by atoms with Gasteiger partial charge in [0.1, 0.15) is 23.1 Å². The number of ether oxygens (including phenoxy) is 2. The van der Waals surface area contributed by atoms with Gasteiger partial charge in [-0.3, -0.25) is 19.1 Å². The van der Waals surface area contributed by atoms with Crippen LogP contribution in [0.2, 0.25) is 0 Å². The standard InChI is InChI=1S/C38H47F4N5O7S/c1-36(2,3)53-34(51)27(43-35(52)54-37(4,5)6)20-55-47-32(49)25(19-21-15-16-21)23(17-18-38(40,41)42)31(48)46-30-33(50)45-29-24(13-10-14-26(29)39)28(44-30)22-11-8-7-9-12-22/h7-14,21,23,25,27,30H,15-20H2,1-6H3,(H,43,52)(H,45,50)(H,46,48)(H,47,49)/t23-,25+,27+,30-/m1/s1. The number of amides is 4. The van der Waals surface area contributed by atoms with Crippen LogP contribution in [0.1, 0.15) is 84.8 Å². The summed E-state index contributed by atoms with van der Waals surface area (Å²) in [6, 6.07) is 11.2. The quantitative estimate of drug-likeness (QED) is 0.0966. The first-order chi connectivity index (χ1) is 25.6. The van der Waals surface area contributed by atoms with Crippen molar-refractivity contribution in [3.8, 4) is 0 Å². The van der Waals surface area contributed by atoms with Gasteiger partial charge in [-0.2, -0.15) is 13.2 Å². The minimum absolute atomic E-state index is 0.0355. The molecule has 1 aliphatic carbocycles. The number of nitrogens with one attached hydrogen (secondary N) is 4. The van der Waals surface area contributed by atoms with Crippen molar-refractivity contribution in [3.05, 3.63) is 65.5 Å². The van der Waals surface area contributed by atoms with Crippen molar-refractivity contribution < 1.29 is 51.0 Å². The van der Waals surface area contributed by atoms with E-state index in [-0.39, 0.29) is 35.1 Å². The number of alkyl carbamates (subject to hydrolysis) is 1. The molecule has 4 amide bonds. The van der Waals surface area contributed by atoms with E-state index in [0.29, 0.717) is 30.4 Å². The number of fused-ring (bicyclic) bond motifs is 1. The zero-order valence-corrected chi connectivity index (χ0v) is 32.3. The smallest absolute Gasteiger partial charge is 0.408 e. The fourth-order valence-electron chi connectivity index (χ4n) is 5.73. The SMILES string of the molecule is CC(C)(C)OC(=O)N[C@@H](CSNC(=O)[C@@H](CC1CC1)[C@@H](CCC(F)(F)F)C(=O)N[C@H]1N=C(c2ccccc2)c2cccc(F)c2NC1=O)C(=O)OC(C)(C)C. The molecule has 1 heterocycles. The van der Waals surface area contributed by atoms with Gasteiger partial charge >= 0.3 is 18.2 Å². The predicted molar refractivity (Wildman–Crippen MR) is 198 cm³/mol. The Kier molecular flexibility index (Phi) is 14.0. The average Bonchev–Trinajstić information content (AvgIpc) is 3.90. The van der Waals surface area contributed by atoms with Crippen molar-refractivity contribution in [1.29, 1.82) is 0 Å². The second-order valence-electron chi connectivity index (χ2n) is 15.5. The number of carbonyl (C=O) groups excluding carboxylic acids is 5. The number of rotatable bonds is 14. The summed E-state index contributed by atoms with van der Waals surface area (Å²) in [5.41, 5.74) is -1.16. The van der Waals surface area contributed by atoms with E-state index >= 15 is 0 Å². The van der Waals surface area contributed by atoms with Gasteiger partial charge in [0.25, 0.3) is 5.91 Å². The Morgan fingerprint density at radius 2 is 1.56 bits per heavy atom. The van der Waals surface area contributed by atoms with Gasteiger partial charge in [0.2, 0.25) is 18.0 Å². The van der Waals surface area contributed by atoms with E-state index in [1.54, 1.807) is 71.9 Å². The van der Waals surface area contributed by atoms with Gasteiger partial charge < -0.3 is 25.4 Å². The van der Waals surface area contributed by atoms with E-state index < -0.39 is 89.9 Å². The number of halogens is 4. The third-order valence-corrected chi connectivity index (χ3v) is 9.18. The number of hydrogen-bond acceptors (Lipinski definition) is 9. The van der Waals surface area contributed by atoms with Crippen LogP contribution in [0.15, 0.2) is 53.5 Å². The summed E-state index contributed by atoms with van der Waals surface area (Å²) < 4.78 is 69.2. The molecular formula is C38H47F4N5O7S. The number of esters is 1. The monoisotopic (exact) mass is 793 g/mol. The Balaban J connectivity index is 1.59. The van der Waals surface area contributed by atoms with Crippen molar-refractivity contribution in [2.24, 2.45) is 22.7 Å². The van der Waals surface area contributed by atoms with E-state index in [9.17, 15) is 41.5 Å². The van der Waals surface area contributed by atoms with Crippen LogP contribution in [0, 0.1) is 23.6 Å².